The van der Waals surface area contributed by atoms with E-state index in [1.54, 1.807) is 12.1 Å². The van der Waals surface area contributed by atoms with Gasteiger partial charge in [-0.1, -0.05) is 139 Å². The van der Waals surface area contributed by atoms with Gasteiger partial charge in [0.1, 0.15) is 5.71 Å². The van der Waals surface area contributed by atoms with Crippen molar-refractivity contribution in [1.82, 2.24) is 4.83 Å². The van der Waals surface area contributed by atoms with Gasteiger partial charge in [-0.15, -0.1) is 0 Å². The molecule has 6 rings (SSSR count). The van der Waals surface area contributed by atoms with E-state index in [9.17, 15) is 13.2 Å². The fourth-order valence-corrected chi connectivity index (χ4v) is 6.26. The lowest BCUT2D eigenvalue weighted by Crippen LogP contribution is -2.38. The number of benzene rings is 5. The van der Waals surface area contributed by atoms with Gasteiger partial charge in [0, 0.05) is 0 Å². The first kappa shape index (κ1) is 27.3. The predicted octanol–water partition coefficient (Wildman–Crippen LogP) is 6.12. The number of rotatable bonds is 7. The molecule has 1 saturated heterocycles. The summed E-state index contributed by atoms with van der Waals surface area (Å²) >= 11 is 0. The molecule has 7 heteroatoms. The zero-order valence-corrected chi connectivity index (χ0v) is 23.7. The molecule has 0 saturated carbocycles. The molecule has 1 heterocycles. The third kappa shape index (κ3) is 4.53. The fourth-order valence-electron chi connectivity index (χ4n) is 5.45. The molecule has 1 N–H and O–H groups in total. The van der Waals surface area contributed by atoms with Gasteiger partial charge in [-0.2, -0.15) is 18.4 Å². The van der Waals surface area contributed by atoms with Gasteiger partial charge in [0.05, 0.1) is 4.90 Å². The summed E-state index contributed by atoms with van der Waals surface area (Å²) in [5.41, 5.74) is 0.125. The van der Waals surface area contributed by atoms with E-state index in [2.05, 4.69) is 9.93 Å². The molecule has 1 aliphatic rings. The molecule has 1 fully saturated rings. The van der Waals surface area contributed by atoms with Gasteiger partial charge < -0.3 is 4.74 Å². The maximum atomic E-state index is 15.0. The molecular weight excluding hydrogens is 544 g/mol. The van der Waals surface area contributed by atoms with Gasteiger partial charge in [0.25, 0.3) is 10.0 Å². The Balaban J connectivity index is 1.65. The summed E-state index contributed by atoms with van der Waals surface area (Å²) in [6.07, 6.45) is 0. The molecule has 0 spiro atoms. The maximum Gasteiger partial charge on any atom is 0.276 e. The summed E-state index contributed by atoms with van der Waals surface area (Å²) < 4.78 is 34.0. The van der Waals surface area contributed by atoms with Crippen molar-refractivity contribution < 1.29 is 17.9 Å². The number of Topliss-reactive ketones (excluding diaryl/α,β-unsaturated/α-hetero) is 1. The molecule has 0 aromatic heterocycles. The van der Waals surface area contributed by atoms with E-state index in [4.69, 9.17) is 4.74 Å². The topological polar surface area (TPSA) is 84.8 Å². The maximum absolute atomic E-state index is 15.0. The van der Waals surface area contributed by atoms with Crippen LogP contribution in [-0.4, -0.2) is 19.9 Å². The molecule has 0 unspecified atom stereocenters. The Kier molecular flexibility index (Phi) is 7.06. The molecule has 5 aromatic carbocycles. The van der Waals surface area contributed by atoms with E-state index in [0.717, 1.165) is 5.56 Å². The lowest BCUT2D eigenvalue weighted by molar-refractivity contribution is -0.132. The average Bonchev–Trinajstić information content (AvgIpc) is 3.32. The molecule has 208 valence electrons. The number of hydrogen-bond acceptors (Lipinski definition) is 5. The molecule has 0 aliphatic carbocycles. The van der Waals surface area contributed by atoms with Crippen LogP contribution < -0.4 is 4.83 Å². The SMILES string of the molecule is Cc1ccc(S(=O)(=O)N/N=C2\C(=O)C(c3ccccc3)(c3ccccc3)OC2(c2ccccc2)c2ccccc2)cc1. The van der Waals surface area contributed by atoms with Crippen molar-refractivity contribution in [2.24, 2.45) is 5.10 Å². The van der Waals surface area contributed by atoms with E-state index in [-0.39, 0.29) is 10.6 Å². The molecule has 42 heavy (non-hydrogen) atoms. The molecular formula is C35H28N2O4S. The van der Waals surface area contributed by atoms with Crippen LogP contribution in [0.15, 0.2) is 156 Å². The molecule has 0 radical (unpaired) electrons. The summed E-state index contributed by atoms with van der Waals surface area (Å²) in [4.78, 5) is 17.4. The van der Waals surface area contributed by atoms with Crippen molar-refractivity contribution >= 4 is 21.5 Å². The third-order valence-corrected chi connectivity index (χ3v) is 8.73. The summed E-state index contributed by atoms with van der Waals surface area (Å²) in [5.74, 6) is -0.473. The minimum Gasteiger partial charge on any atom is -0.335 e. The summed E-state index contributed by atoms with van der Waals surface area (Å²) in [6, 6.07) is 43.5. The van der Waals surface area contributed by atoms with E-state index in [0.29, 0.717) is 22.3 Å². The van der Waals surface area contributed by atoms with Crippen molar-refractivity contribution in [3.8, 4) is 0 Å². The zero-order chi connectivity index (χ0) is 29.2. The Morgan fingerprint density at radius 1 is 0.571 bits per heavy atom. The van der Waals surface area contributed by atoms with E-state index in [1.807, 2.05) is 128 Å². The first-order valence-electron chi connectivity index (χ1n) is 13.5. The summed E-state index contributed by atoms with van der Waals surface area (Å²) in [6.45, 7) is 1.87. The second-order valence-electron chi connectivity index (χ2n) is 10.1. The normalized spacial score (nSPS) is 16.8. The van der Waals surface area contributed by atoms with Crippen LogP contribution in [0.2, 0.25) is 0 Å². The summed E-state index contributed by atoms with van der Waals surface area (Å²) in [5, 5.41) is 4.43. The van der Waals surface area contributed by atoms with Crippen molar-refractivity contribution in [1.29, 1.82) is 0 Å². The Hall–Kier alpha value is -4.85. The highest BCUT2D eigenvalue weighted by Crippen LogP contribution is 2.52. The van der Waals surface area contributed by atoms with Gasteiger partial charge >= 0.3 is 0 Å². The minimum atomic E-state index is -4.11. The number of carbonyl (C=O) groups excluding carboxylic acids is 1. The first-order valence-corrected chi connectivity index (χ1v) is 15.0. The first-order chi connectivity index (χ1) is 20.4. The number of ketones is 1. The number of nitrogens with one attached hydrogen (secondary N) is 1. The Morgan fingerprint density at radius 2 is 0.952 bits per heavy atom. The van der Waals surface area contributed by atoms with Crippen LogP contribution in [0.4, 0.5) is 0 Å². The number of aryl methyl sites for hydroxylation is 1. The third-order valence-electron chi connectivity index (χ3n) is 7.50. The van der Waals surface area contributed by atoms with Gasteiger partial charge in [-0.25, -0.2) is 0 Å². The lowest BCUT2D eigenvalue weighted by atomic mass is 9.78. The van der Waals surface area contributed by atoms with Crippen LogP contribution in [0.1, 0.15) is 27.8 Å². The Labute approximate surface area is 245 Å². The van der Waals surface area contributed by atoms with E-state index < -0.39 is 27.0 Å². The van der Waals surface area contributed by atoms with Crippen LogP contribution in [0.25, 0.3) is 0 Å². The molecule has 0 atom stereocenters. The van der Waals surface area contributed by atoms with Crippen LogP contribution in [-0.2, 0) is 30.8 Å². The number of ether oxygens (including phenoxy) is 1. The largest absolute Gasteiger partial charge is 0.335 e. The molecule has 5 aromatic rings. The molecule has 0 amide bonds. The number of carbonyl (C=O) groups is 1. The number of nitrogens with zero attached hydrogens (tertiary/aromatic N) is 1. The quantitative estimate of drug-likeness (QED) is 0.238. The van der Waals surface area contributed by atoms with Gasteiger partial charge in [-0.3, -0.25) is 4.79 Å². The van der Waals surface area contributed by atoms with Gasteiger partial charge in [0.2, 0.25) is 5.78 Å². The second-order valence-corrected chi connectivity index (χ2v) is 11.8. The van der Waals surface area contributed by atoms with Crippen LogP contribution in [0.5, 0.6) is 0 Å². The molecule has 6 nitrogen and oxygen atoms in total. The number of hydrazone groups is 1. The zero-order valence-electron chi connectivity index (χ0n) is 22.8. The highest BCUT2D eigenvalue weighted by Gasteiger charge is 2.64. The van der Waals surface area contributed by atoms with Crippen LogP contribution in [0.3, 0.4) is 0 Å². The Morgan fingerprint density at radius 3 is 1.36 bits per heavy atom. The van der Waals surface area contributed by atoms with Crippen LogP contribution >= 0.6 is 0 Å². The van der Waals surface area contributed by atoms with E-state index in [1.165, 1.54) is 12.1 Å². The molecule has 0 bridgehead atoms. The monoisotopic (exact) mass is 572 g/mol. The highest BCUT2D eigenvalue weighted by molar-refractivity contribution is 7.89. The van der Waals surface area contributed by atoms with Crippen molar-refractivity contribution in [3.63, 3.8) is 0 Å². The average molecular weight is 573 g/mol. The Bertz CT molecular complexity index is 1760. The van der Waals surface area contributed by atoms with Crippen molar-refractivity contribution in [2.75, 3.05) is 0 Å². The number of hydrogen-bond donors (Lipinski definition) is 1. The standard InChI is InChI=1S/C35H28N2O4S/c1-26-22-24-31(25-23-26)42(39,40)37-36-32-33(38)35(29-18-10-4-11-19-29,30-20-12-5-13-21-30)41-34(32,27-14-6-2-7-15-27)28-16-8-3-9-17-28/h2-25,37H,1H3/b36-32+. The van der Waals surface area contributed by atoms with Crippen molar-refractivity contribution in [3.05, 3.63) is 173 Å². The fraction of sp³-hybridized carbons (Fsp3) is 0.0857. The molecule has 1 aliphatic heterocycles. The summed E-state index contributed by atoms with van der Waals surface area (Å²) in [7, 11) is -4.11. The minimum absolute atomic E-state index is 0.0335. The predicted molar refractivity (Wildman–Crippen MR) is 162 cm³/mol. The van der Waals surface area contributed by atoms with Gasteiger partial charge in [-0.05, 0) is 41.3 Å². The van der Waals surface area contributed by atoms with Crippen LogP contribution in [0, 0.1) is 6.92 Å². The highest BCUT2D eigenvalue weighted by atomic mass is 32.2. The smallest absolute Gasteiger partial charge is 0.276 e. The number of sulfonamides is 1. The van der Waals surface area contributed by atoms with E-state index >= 15 is 0 Å². The van der Waals surface area contributed by atoms with Crippen molar-refractivity contribution in [2.45, 2.75) is 23.0 Å². The van der Waals surface area contributed by atoms with Gasteiger partial charge in [0.15, 0.2) is 11.2 Å². The second kappa shape index (κ2) is 10.9. The lowest BCUT2D eigenvalue weighted by Gasteiger charge is -2.35.